The smallest absolute Gasteiger partial charge is 0.237 e. The Balaban J connectivity index is 1.58. The van der Waals surface area contributed by atoms with E-state index in [9.17, 15) is 4.79 Å². The summed E-state index contributed by atoms with van der Waals surface area (Å²) >= 11 is 0. The average Bonchev–Trinajstić information content (AvgIpc) is 2.51. The van der Waals surface area contributed by atoms with E-state index >= 15 is 0 Å². The number of hydrogen-bond donors (Lipinski definition) is 1. The number of hydrogen-bond acceptors (Lipinski definition) is 5. The third kappa shape index (κ3) is 4.08. The molecule has 0 bridgehead atoms. The maximum Gasteiger partial charge on any atom is 0.237 e. The van der Waals surface area contributed by atoms with Crippen LogP contribution in [0.5, 0.6) is 0 Å². The second-order valence-electron chi connectivity index (χ2n) is 6.47. The number of benzene rings is 1. The van der Waals surface area contributed by atoms with Crippen molar-refractivity contribution in [3.63, 3.8) is 0 Å². The minimum absolute atomic E-state index is 0.164. The number of aromatic nitrogens is 2. The summed E-state index contributed by atoms with van der Waals surface area (Å²) in [6.45, 7) is 7.54. The van der Waals surface area contributed by atoms with E-state index in [0.717, 1.165) is 18.7 Å². The van der Waals surface area contributed by atoms with Crippen LogP contribution in [-0.4, -0.2) is 45.3 Å². The van der Waals surface area contributed by atoms with E-state index in [1.54, 1.807) is 12.4 Å². The van der Waals surface area contributed by atoms with Crippen LogP contribution in [0.1, 0.15) is 22.3 Å². The Morgan fingerprint density at radius 2 is 1.67 bits per heavy atom. The molecule has 6 nitrogen and oxygen atoms in total. The van der Waals surface area contributed by atoms with Crippen LogP contribution in [0.3, 0.4) is 0 Å². The molecule has 0 spiro atoms. The predicted molar refractivity (Wildman–Crippen MR) is 93.1 cm³/mol. The number of nitrogens with two attached hydrogens (primary N) is 1. The van der Waals surface area contributed by atoms with Crippen LogP contribution in [-0.2, 0) is 17.9 Å². The van der Waals surface area contributed by atoms with E-state index in [1.165, 1.54) is 16.7 Å². The molecule has 126 valence electrons. The van der Waals surface area contributed by atoms with Gasteiger partial charge in [-0.15, -0.1) is 0 Å². The van der Waals surface area contributed by atoms with Gasteiger partial charge in [0.1, 0.15) is 0 Å². The fourth-order valence-electron chi connectivity index (χ4n) is 3.14. The topological polar surface area (TPSA) is 75.3 Å². The van der Waals surface area contributed by atoms with Gasteiger partial charge >= 0.3 is 0 Å². The van der Waals surface area contributed by atoms with Gasteiger partial charge in [0.15, 0.2) is 0 Å². The Morgan fingerprint density at radius 3 is 2.29 bits per heavy atom. The van der Waals surface area contributed by atoms with Crippen LogP contribution < -0.4 is 5.73 Å². The number of amides is 1. The third-order valence-electron chi connectivity index (χ3n) is 4.18. The molecule has 2 heterocycles. The van der Waals surface area contributed by atoms with Crippen molar-refractivity contribution in [2.75, 3.05) is 25.4 Å². The summed E-state index contributed by atoms with van der Waals surface area (Å²) < 4.78 is 0. The Bertz CT molecular complexity index is 708. The van der Waals surface area contributed by atoms with Gasteiger partial charge in [-0.1, -0.05) is 29.3 Å². The van der Waals surface area contributed by atoms with Gasteiger partial charge in [0.25, 0.3) is 0 Å². The van der Waals surface area contributed by atoms with Gasteiger partial charge in [-0.3, -0.25) is 9.69 Å². The van der Waals surface area contributed by atoms with Gasteiger partial charge in [0.05, 0.1) is 6.54 Å². The molecule has 1 aliphatic rings. The highest BCUT2D eigenvalue weighted by Crippen LogP contribution is 2.15. The second-order valence-corrected chi connectivity index (χ2v) is 6.47. The molecule has 0 atom stereocenters. The summed E-state index contributed by atoms with van der Waals surface area (Å²) in [6, 6.07) is 6.45. The highest BCUT2D eigenvalue weighted by molar-refractivity contribution is 5.79. The van der Waals surface area contributed by atoms with Crippen LogP contribution in [0.25, 0.3) is 0 Å². The molecule has 2 aromatic rings. The number of piperazine rings is 1. The molecule has 3 rings (SSSR count). The van der Waals surface area contributed by atoms with Crippen LogP contribution in [0, 0.1) is 13.8 Å². The zero-order valence-corrected chi connectivity index (χ0v) is 14.2. The SMILES string of the molecule is Cc1cc(C)cc(CN2CCN(Cc3cnc(N)nc3)CC2=O)c1. The Hall–Kier alpha value is -2.47. The van der Waals surface area contributed by atoms with E-state index in [1.807, 2.05) is 4.90 Å². The average molecular weight is 325 g/mol. The molecule has 1 saturated heterocycles. The first-order valence-corrected chi connectivity index (χ1v) is 8.13. The highest BCUT2D eigenvalue weighted by atomic mass is 16.2. The second kappa shape index (κ2) is 6.97. The Kier molecular flexibility index (Phi) is 4.76. The first kappa shape index (κ1) is 16.4. The molecular weight excluding hydrogens is 302 g/mol. The standard InChI is InChI=1S/C18H23N5O/c1-13-5-14(2)7-15(6-13)11-23-4-3-22(12-17(23)24)10-16-8-20-18(19)21-9-16/h5-9H,3-4,10-12H2,1-2H3,(H2,19,20,21). The predicted octanol–water partition coefficient (Wildman–Crippen LogP) is 1.52. The molecule has 1 fully saturated rings. The molecule has 0 aliphatic carbocycles. The van der Waals surface area contributed by atoms with Gasteiger partial charge in [0.2, 0.25) is 11.9 Å². The molecular formula is C18H23N5O. The lowest BCUT2D eigenvalue weighted by molar-refractivity contribution is -0.136. The van der Waals surface area contributed by atoms with Crippen LogP contribution in [0.15, 0.2) is 30.6 Å². The zero-order valence-electron chi connectivity index (χ0n) is 14.2. The molecule has 0 radical (unpaired) electrons. The summed E-state index contributed by atoms with van der Waals surface area (Å²) in [7, 11) is 0. The molecule has 1 aliphatic heterocycles. The first-order valence-electron chi connectivity index (χ1n) is 8.13. The lowest BCUT2D eigenvalue weighted by Gasteiger charge is -2.34. The van der Waals surface area contributed by atoms with Gasteiger partial charge < -0.3 is 10.6 Å². The van der Waals surface area contributed by atoms with Crippen molar-refractivity contribution < 1.29 is 4.79 Å². The summed E-state index contributed by atoms with van der Waals surface area (Å²) in [5, 5.41) is 0. The van der Waals surface area contributed by atoms with Gasteiger partial charge in [-0.25, -0.2) is 9.97 Å². The summed E-state index contributed by atoms with van der Waals surface area (Å²) in [5.41, 5.74) is 10.1. The fraction of sp³-hybridized carbons (Fsp3) is 0.389. The molecule has 1 aromatic carbocycles. The summed E-state index contributed by atoms with van der Waals surface area (Å²) in [4.78, 5) is 24.5. The van der Waals surface area contributed by atoms with Crippen molar-refractivity contribution in [2.45, 2.75) is 26.9 Å². The Labute approximate surface area is 142 Å². The Morgan fingerprint density at radius 1 is 1.00 bits per heavy atom. The zero-order chi connectivity index (χ0) is 17.1. The van der Waals surface area contributed by atoms with Gasteiger partial charge in [-0.05, 0) is 19.4 Å². The van der Waals surface area contributed by atoms with E-state index in [2.05, 4.69) is 46.9 Å². The highest BCUT2D eigenvalue weighted by Gasteiger charge is 2.24. The van der Waals surface area contributed by atoms with Crippen LogP contribution in [0.4, 0.5) is 5.95 Å². The van der Waals surface area contributed by atoms with E-state index in [-0.39, 0.29) is 11.9 Å². The lowest BCUT2D eigenvalue weighted by Crippen LogP contribution is -2.49. The molecule has 2 N–H and O–H groups in total. The van der Waals surface area contributed by atoms with Crippen molar-refractivity contribution in [1.29, 1.82) is 0 Å². The molecule has 0 unspecified atom stereocenters. The van der Waals surface area contributed by atoms with Crippen molar-refractivity contribution in [3.8, 4) is 0 Å². The van der Waals surface area contributed by atoms with E-state index < -0.39 is 0 Å². The number of carbonyl (C=O) groups excluding carboxylic acids is 1. The normalized spacial score (nSPS) is 15.8. The number of nitrogens with zero attached hydrogens (tertiary/aromatic N) is 4. The number of anilines is 1. The quantitative estimate of drug-likeness (QED) is 0.922. The summed E-state index contributed by atoms with van der Waals surface area (Å²) in [5.74, 6) is 0.435. The number of carbonyl (C=O) groups is 1. The van der Waals surface area contributed by atoms with Gasteiger partial charge in [-0.2, -0.15) is 0 Å². The minimum atomic E-state index is 0.164. The summed E-state index contributed by atoms with van der Waals surface area (Å²) in [6.07, 6.45) is 3.43. The number of nitrogen functional groups attached to an aromatic ring is 1. The van der Waals surface area contributed by atoms with Crippen molar-refractivity contribution in [3.05, 3.63) is 52.8 Å². The number of aryl methyl sites for hydroxylation is 2. The lowest BCUT2D eigenvalue weighted by atomic mass is 10.1. The van der Waals surface area contributed by atoms with Crippen LogP contribution >= 0.6 is 0 Å². The fourth-order valence-corrected chi connectivity index (χ4v) is 3.14. The molecule has 1 aromatic heterocycles. The minimum Gasteiger partial charge on any atom is -0.368 e. The van der Waals surface area contributed by atoms with Gasteiger partial charge in [0, 0.05) is 44.1 Å². The first-order chi connectivity index (χ1) is 11.5. The van der Waals surface area contributed by atoms with Crippen molar-refractivity contribution in [2.24, 2.45) is 0 Å². The molecule has 1 amide bonds. The van der Waals surface area contributed by atoms with Crippen molar-refractivity contribution in [1.82, 2.24) is 19.8 Å². The van der Waals surface area contributed by atoms with E-state index in [0.29, 0.717) is 19.6 Å². The van der Waals surface area contributed by atoms with Crippen LogP contribution in [0.2, 0.25) is 0 Å². The molecule has 24 heavy (non-hydrogen) atoms. The maximum atomic E-state index is 12.5. The maximum absolute atomic E-state index is 12.5. The van der Waals surface area contributed by atoms with Crippen molar-refractivity contribution >= 4 is 11.9 Å². The van der Waals surface area contributed by atoms with E-state index in [4.69, 9.17) is 5.73 Å². The number of rotatable bonds is 4. The largest absolute Gasteiger partial charge is 0.368 e. The monoisotopic (exact) mass is 325 g/mol. The molecule has 6 heteroatoms. The molecule has 0 saturated carbocycles. The third-order valence-corrected chi connectivity index (χ3v) is 4.18.